The summed E-state index contributed by atoms with van der Waals surface area (Å²) in [6.45, 7) is 8.71. The highest BCUT2D eigenvalue weighted by molar-refractivity contribution is 4.45. The van der Waals surface area contributed by atoms with Crippen molar-refractivity contribution >= 4 is 0 Å². The maximum absolute atomic E-state index is 8.54. The first-order valence-electron chi connectivity index (χ1n) is 9.88. The van der Waals surface area contributed by atoms with E-state index in [1.165, 1.54) is 0 Å². The van der Waals surface area contributed by atoms with Crippen molar-refractivity contribution in [2.75, 3.05) is 119 Å². The average molecular weight is 414 g/mol. The summed E-state index contributed by atoms with van der Waals surface area (Å²) in [6.07, 6.45) is 0. The van der Waals surface area contributed by atoms with E-state index >= 15 is 0 Å². The molecule has 3 N–H and O–H groups in total. The first-order chi connectivity index (χ1) is 13.9. The summed E-state index contributed by atoms with van der Waals surface area (Å²) in [4.78, 5) is 0. The Morgan fingerprint density at radius 1 is 0.357 bits per heavy atom. The minimum absolute atomic E-state index is 0.0317. The van der Waals surface area contributed by atoms with Gasteiger partial charge in [-0.25, -0.2) is 0 Å². The van der Waals surface area contributed by atoms with Gasteiger partial charge in [0.15, 0.2) is 0 Å². The van der Waals surface area contributed by atoms with Crippen molar-refractivity contribution in [2.24, 2.45) is 0 Å². The van der Waals surface area contributed by atoms with E-state index < -0.39 is 0 Å². The molecule has 0 aliphatic heterocycles. The molecule has 170 valence electrons. The summed E-state index contributed by atoms with van der Waals surface area (Å²) in [5.41, 5.74) is 0. The molecule has 0 radical (unpaired) electrons. The summed E-state index contributed by atoms with van der Waals surface area (Å²) in [5.74, 6) is 0. The van der Waals surface area contributed by atoms with Crippen molar-refractivity contribution < 1.29 is 43.4 Å². The van der Waals surface area contributed by atoms with Crippen LogP contribution in [0, 0.1) is 0 Å². The SMILES string of the molecule is OCCOCCNCCOCCOCCOCCOCCOCCOCCO. The molecular formula is C18H39NO9. The lowest BCUT2D eigenvalue weighted by Crippen LogP contribution is -2.25. The van der Waals surface area contributed by atoms with Gasteiger partial charge in [0.05, 0.1) is 106 Å². The van der Waals surface area contributed by atoms with Gasteiger partial charge in [-0.2, -0.15) is 0 Å². The number of hydrogen-bond donors (Lipinski definition) is 3. The van der Waals surface area contributed by atoms with Crippen molar-refractivity contribution in [2.45, 2.75) is 0 Å². The molecular weight excluding hydrogens is 374 g/mol. The van der Waals surface area contributed by atoms with Crippen LogP contribution >= 0.6 is 0 Å². The average Bonchev–Trinajstić information content (AvgIpc) is 2.71. The molecule has 0 aromatic carbocycles. The molecule has 0 fully saturated rings. The van der Waals surface area contributed by atoms with Crippen LogP contribution in [0.5, 0.6) is 0 Å². The third kappa shape index (κ3) is 25.6. The molecule has 28 heavy (non-hydrogen) atoms. The van der Waals surface area contributed by atoms with Gasteiger partial charge < -0.3 is 48.7 Å². The van der Waals surface area contributed by atoms with E-state index in [1.807, 2.05) is 0 Å². The van der Waals surface area contributed by atoms with Crippen LogP contribution in [0.15, 0.2) is 0 Å². The van der Waals surface area contributed by atoms with Crippen LogP contribution in [-0.2, 0) is 33.2 Å². The Morgan fingerprint density at radius 2 is 0.607 bits per heavy atom. The molecule has 0 aromatic heterocycles. The van der Waals surface area contributed by atoms with Crippen LogP contribution in [0.4, 0.5) is 0 Å². The lowest BCUT2D eigenvalue weighted by Gasteiger charge is -2.08. The molecule has 0 aromatic rings. The second-order valence-corrected chi connectivity index (χ2v) is 5.48. The standard InChI is InChI=1S/C18H39NO9/c20-3-7-22-5-1-19-2-6-23-9-11-25-13-15-27-17-18-28-16-14-26-12-10-24-8-4-21/h19-21H,1-18H2. The quantitative estimate of drug-likeness (QED) is 0.156. The highest BCUT2D eigenvalue weighted by Crippen LogP contribution is 1.84. The van der Waals surface area contributed by atoms with Gasteiger partial charge in [-0.15, -0.1) is 0 Å². The molecule has 0 saturated carbocycles. The Kier molecular flexibility index (Phi) is 26.2. The number of hydrogen-bond acceptors (Lipinski definition) is 10. The molecule has 0 aliphatic rings. The van der Waals surface area contributed by atoms with E-state index in [0.717, 1.165) is 13.1 Å². The molecule has 0 rings (SSSR count). The van der Waals surface area contributed by atoms with Gasteiger partial charge in [-0.3, -0.25) is 0 Å². The fraction of sp³-hybridized carbons (Fsp3) is 1.00. The zero-order valence-electron chi connectivity index (χ0n) is 17.0. The van der Waals surface area contributed by atoms with Crippen LogP contribution in [0.25, 0.3) is 0 Å². The normalized spacial score (nSPS) is 11.4. The second kappa shape index (κ2) is 26.6. The van der Waals surface area contributed by atoms with E-state index in [2.05, 4.69) is 5.32 Å². The van der Waals surface area contributed by atoms with Crippen molar-refractivity contribution in [1.82, 2.24) is 5.32 Å². The molecule has 0 saturated heterocycles. The fourth-order valence-corrected chi connectivity index (χ4v) is 1.85. The van der Waals surface area contributed by atoms with E-state index in [9.17, 15) is 0 Å². The van der Waals surface area contributed by atoms with Crippen LogP contribution in [-0.4, -0.2) is 129 Å². The van der Waals surface area contributed by atoms with E-state index in [0.29, 0.717) is 92.5 Å². The summed E-state index contributed by atoms with van der Waals surface area (Å²) in [6, 6.07) is 0. The van der Waals surface area contributed by atoms with E-state index in [4.69, 9.17) is 43.4 Å². The van der Waals surface area contributed by atoms with Gasteiger partial charge in [0.25, 0.3) is 0 Å². The lowest BCUT2D eigenvalue weighted by molar-refractivity contribution is -0.0180. The van der Waals surface area contributed by atoms with Gasteiger partial charge >= 0.3 is 0 Å². The topological polar surface area (TPSA) is 117 Å². The molecule has 0 atom stereocenters. The van der Waals surface area contributed by atoms with Crippen molar-refractivity contribution in [3.05, 3.63) is 0 Å². The smallest absolute Gasteiger partial charge is 0.0701 e. The Hall–Kier alpha value is -0.400. The van der Waals surface area contributed by atoms with Crippen molar-refractivity contribution in [1.29, 1.82) is 0 Å². The Balaban J connectivity index is 2.96. The van der Waals surface area contributed by atoms with E-state index in [1.54, 1.807) is 0 Å². The van der Waals surface area contributed by atoms with Crippen LogP contribution in [0.2, 0.25) is 0 Å². The molecule has 0 unspecified atom stereocenters. The molecule has 0 amide bonds. The predicted octanol–water partition coefficient (Wildman–Crippen LogP) is -1.32. The number of aliphatic hydroxyl groups excluding tert-OH is 2. The van der Waals surface area contributed by atoms with Gasteiger partial charge in [0.2, 0.25) is 0 Å². The van der Waals surface area contributed by atoms with Crippen LogP contribution in [0.1, 0.15) is 0 Å². The highest BCUT2D eigenvalue weighted by Gasteiger charge is 1.94. The third-order valence-corrected chi connectivity index (χ3v) is 3.18. The minimum atomic E-state index is 0.0317. The van der Waals surface area contributed by atoms with E-state index in [-0.39, 0.29) is 13.2 Å². The van der Waals surface area contributed by atoms with Gasteiger partial charge in [0.1, 0.15) is 0 Å². The van der Waals surface area contributed by atoms with Gasteiger partial charge in [0, 0.05) is 13.1 Å². The predicted molar refractivity (Wildman–Crippen MR) is 103 cm³/mol. The number of nitrogens with one attached hydrogen (secondary N) is 1. The molecule has 10 nitrogen and oxygen atoms in total. The lowest BCUT2D eigenvalue weighted by atomic mass is 10.6. The summed E-state index contributed by atoms with van der Waals surface area (Å²) in [7, 11) is 0. The minimum Gasteiger partial charge on any atom is -0.394 e. The maximum Gasteiger partial charge on any atom is 0.0701 e. The van der Waals surface area contributed by atoms with Crippen molar-refractivity contribution in [3.63, 3.8) is 0 Å². The van der Waals surface area contributed by atoms with Crippen LogP contribution in [0.3, 0.4) is 0 Å². The van der Waals surface area contributed by atoms with Gasteiger partial charge in [-0.1, -0.05) is 0 Å². The summed E-state index contributed by atoms with van der Waals surface area (Å²) < 4.78 is 37.0. The first-order valence-corrected chi connectivity index (χ1v) is 9.88. The Morgan fingerprint density at radius 3 is 0.929 bits per heavy atom. The number of ether oxygens (including phenoxy) is 7. The monoisotopic (exact) mass is 413 g/mol. The largest absolute Gasteiger partial charge is 0.394 e. The summed E-state index contributed by atoms with van der Waals surface area (Å²) in [5, 5.41) is 20.2. The molecule has 10 heteroatoms. The zero-order chi connectivity index (χ0) is 20.4. The van der Waals surface area contributed by atoms with Crippen LogP contribution < -0.4 is 5.32 Å². The molecule has 0 aliphatic carbocycles. The second-order valence-electron chi connectivity index (χ2n) is 5.48. The Labute approximate surface area is 168 Å². The zero-order valence-corrected chi connectivity index (χ0v) is 17.0. The first kappa shape index (κ1) is 27.6. The van der Waals surface area contributed by atoms with Crippen molar-refractivity contribution in [3.8, 4) is 0 Å². The summed E-state index contributed by atoms with van der Waals surface area (Å²) >= 11 is 0. The van der Waals surface area contributed by atoms with Gasteiger partial charge in [-0.05, 0) is 0 Å². The Bertz CT molecular complexity index is 249. The molecule has 0 heterocycles. The highest BCUT2D eigenvalue weighted by atomic mass is 16.6. The number of rotatable bonds is 25. The number of aliphatic hydroxyl groups is 2. The fourth-order valence-electron chi connectivity index (χ4n) is 1.85. The molecule has 0 bridgehead atoms. The third-order valence-electron chi connectivity index (χ3n) is 3.18. The maximum atomic E-state index is 8.54. The molecule has 0 spiro atoms.